The molecular formula is C15H22N2O. The molecule has 1 saturated heterocycles. The standard InChI is InChI=1S/C15H22N2O/c1-11-7-12(2)14(17-8-11)18-13-3-5-15(6-4-13)9-16-10-15/h7-8,13,16H,3-6,9-10H2,1-2H3. The topological polar surface area (TPSA) is 34.1 Å². The van der Waals surface area contributed by atoms with Gasteiger partial charge < -0.3 is 10.1 Å². The van der Waals surface area contributed by atoms with Crippen molar-refractivity contribution < 1.29 is 4.74 Å². The molecule has 0 amide bonds. The van der Waals surface area contributed by atoms with Crippen LogP contribution in [0.3, 0.4) is 0 Å². The molecule has 1 aliphatic carbocycles. The maximum Gasteiger partial charge on any atom is 0.216 e. The first-order chi connectivity index (χ1) is 8.67. The quantitative estimate of drug-likeness (QED) is 0.871. The van der Waals surface area contributed by atoms with Crippen LogP contribution in [0.4, 0.5) is 0 Å². The van der Waals surface area contributed by atoms with E-state index in [2.05, 4.69) is 30.2 Å². The molecule has 1 N–H and O–H groups in total. The first kappa shape index (κ1) is 12.0. The second-order valence-corrected chi connectivity index (χ2v) is 6.06. The molecule has 1 aromatic heterocycles. The van der Waals surface area contributed by atoms with Gasteiger partial charge in [0.15, 0.2) is 0 Å². The zero-order chi connectivity index (χ0) is 12.6. The van der Waals surface area contributed by atoms with Crippen LogP contribution in [-0.2, 0) is 0 Å². The van der Waals surface area contributed by atoms with Crippen LogP contribution in [0, 0.1) is 19.3 Å². The van der Waals surface area contributed by atoms with Crippen molar-refractivity contribution in [3.05, 3.63) is 23.4 Å². The Morgan fingerprint density at radius 3 is 2.56 bits per heavy atom. The number of nitrogens with one attached hydrogen (secondary N) is 1. The summed E-state index contributed by atoms with van der Waals surface area (Å²) < 4.78 is 6.07. The fraction of sp³-hybridized carbons (Fsp3) is 0.667. The Kier molecular flexibility index (Phi) is 3.02. The molecule has 2 heterocycles. The Bertz CT molecular complexity index is 430. The van der Waals surface area contributed by atoms with Gasteiger partial charge in [-0.15, -0.1) is 0 Å². The van der Waals surface area contributed by atoms with Crippen molar-refractivity contribution in [2.24, 2.45) is 5.41 Å². The van der Waals surface area contributed by atoms with E-state index in [0.29, 0.717) is 11.5 Å². The highest BCUT2D eigenvalue weighted by molar-refractivity contribution is 5.28. The van der Waals surface area contributed by atoms with Gasteiger partial charge in [0.1, 0.15) is 6.10 Å². The van der Waals surface area contributed by atoms with Gasteiger partial charge in [0.05, 0.1) is 0 Å². The molecule has 1 saturated carbocycles. The maximum absolute atomic E-state index is 6.07. The lowest BCUT2D eigenvalue weighted by Crippen LogP contribution is -2.55. The van der Waals surface area contributed by atoms with Gasteiger partial charge in [-0.1, -0.05) is 0 Å². The molecule has 0 unspecified atom stereocenters. The van der Waals surface area contributed by atoms with Gasteiger partial charge in [-0.05, 0) is 56.6 Å². The average Bonchev–Trinajstić information content (AvgIpc) is 2.32. The number of hydrogen-bond acceptors (Lipinski definition) is 3. The third kappa shape index (κ3) is 2.24. The molecule has 3 heteroatoms. The number of aromatic nitrogens is 1. The van der Waals surface area contributed by atoms with Crippen LogP contribution in [0.15, 0.2) is 12.3 Å². The zero-order valence-corrected chi connectivity index (χ0v) is 11.3. The van der Waals surface area contributed by atoms with Gasteiger partial charge in [-0.25, -0.2) is 4.98 Å². The van der Waals surface area contributed by atoms with Crippen LogP contribution < -0.4 is 10.1 Å². The summed E-state index contributed by atoms with van der Waals surface area (Å²) >= 11 is 0. The Morgan fingerprint density at radius 2 is 2.00 bits per heavy atom. The molecule has 0 radical (unpaired) electrons. The van der Waals surface area contributed by atoms with Crippen LogP contribution in [0.5, 0.6) is 5.88 Å². The highest BCUT2D eigenvalue weighted by atomic mass is 16.5. The summed E-state index contributed by atoms with van der Waals surface area (Å²) in [6.07, 6.45) is 7.21. The molecule has 0 bridgehead atoms. The molecule has 1 aliphatic heterocycles. The number of rotatable bonds is 2. The number of pyridine rings is 1. The summed E-state index contributed by atoms with van der Waals surface area (Å²) in [6, 6.07) is 2.14. The molecule has 0 atom stereocenters. The third-order valence-corrected chi connectivity index (χ3v) is 4.44. The predicted molar refractivity (Wildman–Crippen MR) is 71.9 cm³/mol. The van der Waals surface area contributed by atoms with E-state index in [1.807, 2.05) is 6.20 Å². The van der Waals surface area contributed by atoms with E-state index in [4.69, 9.17) is 4.74 Å². The monoisotopic (exact) mass is 246 g/mol. The molecule has 3 rings (SSSR count). The molecule has 2 fully saturated rings. The molecule has 1 spiro atoms. The smallest absolute Gasteiger partial charge is 0.216 e. The number of aryl methyl sites for hydroxylation is 2. The first-order valence-corrected chi connectivity index (χ1v) is 6.98. The lowest BCUT2D eigenvalue weighted by molar-refractivity contribution is 0.0399. The van der Waals surface area contributed by atoms with Gasteiger partial charge in [0, 0.05) is 24.8 Å². The third-order valence-electron chi connectivity index (χ3n) is 4.44. The number of ether oxygens (including phenoxy) is 1. The molecule has 2 aliphatic rings. The Hall–Kier alpha value is -1.09. The van der Waals surface area contributed by atoms with Crippen LogP contribution in [-0.4, -0.2) is 24.2 Å². The minimum Gasteiger partial charge on any atom is -0.474 e. The summed E-state index contributed by atoms with van der Waals surface area (Å²) in [7, 11) is 0. The van der Waals surface area contributed by atoms with Crippen molar-refractivity contribution in [2.45, 2.75) is 45.6 Å². The van der Waals surface area contributed by atoms with Crippen LogP contribution in [0.2, 0.25) is 0 Å². The Labute approximate surface area is 109 Å². The fourth-order valence-corrected chi connectivity index (χ4v) is 3.14. The van der Waals surface area contributed by atoms with Crippen molar-refractivity contribution >= 4 is 0 Å². The number of hydrogen-bond donors (Lipinski definition) is 1. The van der Waals surface area contributed by atoms with Crippen molar-refractivity contribution in [1.29, 1.82) is 0 Å². The SMILES string of the molecule is Cc1cnc(OC2CCC3(CC2)CNC3)c(C)c1. The second kappa shape index (κ2) is 4.54. The van der Waals surface area contributed by atoms with Crippen LogP contribution in [0.25, 0.3) is 0 Å². The van der Waals surface area contributed by atoms with E-state index in [-0.39, 0.29) is 0 Å². The Balaban J connectivity index is 1.60. The highest BCUT2D eigenvalue weighted by Crippen LogP contribution is 2.40. The van der Waals surface area contributed by atoms with Gasteiger partial charge in [0.25, 0.3) is 0 Å². The van der Waals surface area contributed by atoms with E-state index in [9.17, 15) is 0 Å². The van der Waals surface area contributed by atoms with Crippen LogP contribution in [0.1, 0.15) is 36.8 Å². The van der Waals surface area contributed by atoms with E-state index < -0.39 is 0 Å². The van der Waals surface area contributed by atoms with Crippen molar-refractivity contribution in [3.8, 4) is 5.88 Å². The summed E-state index contributed by atoms with van der Waals surface area (Å²) in [4.78, 5) is 4.41. The molecule has 1 aromatic rings. The second-order valence-electron chi connectivity index (χ2n) is 6.06. The fourth-order valence-electron chi connectivity index (χ4n) is 3.14. The predicted octanol–water partition coefficient (Wildman–Crippen LogP) is 2.61. The normalized spacial score (nSPS) is 22.8. The van der Waals surface area contributed by atoms with Crippen molar-refractivity contribution in [3.63, 3.8) is 0 Å². The molecule has 0 aromatic carbocycles. The summed E-state index contributed by atoms with van der Waals surface area (Å²) in [6.45, 7) is 6.57. The summed E-state index contributed by atoms with van der Waals surface area (Å²) in [5.41, 5.74) is 2.96. The average molecular weight is 246 g/mol. The minimum absolute atomic E-state index is 0.366. The molecule has 18 heavy (non-hydrogen) atoms. The minimum atomic E-state index is 0.366. The summed E-state index contributed by atoms with van der Waals surface area (Å²) in [5.74, 6) is 0.827. The molecule has 3 nitrogen and oxygen atoms in total. The number of nitrogens with zero attached hydrogens (tertiary/aromatic N) is 1. The molecule has 98 valence electrons. The first-order valence-electron chi connectivity index (χ1n) is 6.98. The zero-order valence-electron chi connectivity index (χ0n) is 11.3. The maximum atomic E-state index is 6.07. The van der Waals surface area contributed by atoms with Crippen molar-refractivity contribution in [1.82, 2.24) is 10.3 Å². The van der Waals surface area contributed by atoms with Gasteiger partial charge >= 0.3 is 0 Å². The van der Waals surface area contributed by atoms with E-state index >= 15 is 0 Å². The largest absolute Gasteiger partial charge is 0.474 e. The van der Waals surface area contributed by atoms with Crippen molar-refractivity contribution in [2.75, 3.05) is 13.1 Å². The Morgan fingerprint density at radius 1 is 1.28 bits per heavy atom. The van der Waals surface area contributed by atoms with Gasteiger partial charge in [-0.2, -0.15) is 0 Å². The van der Waals surface area contributed by atoms with E-state index in [1.165, 1.54) is 44.3 Å². The van der Waals surface area contributed by atoms with E-state index in [0.717, 1.165) is 11.4 Å². The lowest BCUT2D eigenvalue weighted by atomic mass is 9.69. The van der Waals surface area contributed by atoms with Gasteiger partial charge in [0.2, 0.25) is 5.88 Å². The van der Waals surface area contributed by atoms with Crippen LogP contribution >= 0.6 is 0 Å². The molecular weight excluding hydrogens is 224 g/mol. The highest BCUT2D eigenvalue weighted by Gasteiger charge is 2.40. The summed E-state index contributed by atoms with van der Waals surface area (Å²) in [5, 5.41) is 3.40. The van der Waals surface area contributed by atoms with E-state index in [1.54, 1.807) is 0 Å². The lowest BCUT2D eigenvalue weighted by Gasteiger charge is -2.47. The van der Waals surface area contributed by atoms with Gasteiger partial charge in [-0.3, -0.25) is 0 Å².